The van der Waals surface area contributed by atoms with Crippen LogP contribution in [0.15, 0.2) is 34.7 Å². The van der Waals surface area contributed by atoms with Crippen molar-refractivity contribution in [3.63, 3.8) is 0 Å². The molecule has 5 nitrogen and oxygen atoms in total. The molecule has 2 aromatic rings. The smallest absolute Gasteiger partial charge is 0.330 e. The molecule has 0 saturated carbocycles. The third-order valence-electron chi connectivity index (χ3n) is 2.73. The van der Waals surface area contributed by atoms with Crippen LogP contribution in [0.2, 0.25) is 0 Å². The molecule has 0 atom stereocenters. The van der Waals surface area contributed by atoms with Gasteiger partial charge in [0.1, 0.15) is 5.58 Å². The van der Waals surface area contributed by atoms with E-state index in [1.165, 1.54) is 4.90 Å². The number of carbonyl (C=O) groups is 2. The summed E-state index contributed by atoms with van der Waals surface area (Å²) >= 11 is 0. The minimum absolute atomic E-state index is 0.248. The molecule has 1 fully saturated rings. The number of hydrogen-bond acceptors (Lipinski definition) is 3. The number of furan rings is 1. The number of nitrogens with zero attached hydrogens (tertiary/aromatic N) is 1. The molecule has 1 aromatic carbocycles. The van der Waals surface area contributed by atoms with Crippen LogP contribution in [0.3, 0.4) is 0 Å². The Morgan fingerprint density at radius 2 is 2.06 bits per heavy atom. The van der Waals surface area contributed by atoms with Crippen LogP contribution in [0.4, 0.5) is 10.7 Å². The van der Waals surface area contributed by atoms with Gasteiger partial charge in [-0.15, -0.1) is 0 Å². The van der Waals surface area contributed by atoms with Crippen molar-refractivity contribution in [2.75, 3.05) is 11.4 Å². The molecule has 1 aromatic heterocycles. The molecule has 5 heteroatoms. The Bertz CT molecular complexity index is 570. The molecule has 2 heterocycles. The SMILES string of the molecule is O=C1CCN(c2cc3ccccc3o2)C(=O)N1. The molecule has 0 bridgehead atoms. The molecule has 0 radical (unpaired) electrons. The standard InChI is InChI=1S/C12H10N2O3/c15-10-5-6-14(12(16)13-10)11-7-8-3-1-2-4-9(8)17-11/h1-4,7H,5-6H2,(H,13,15,16). The van der Waals surface area contributed by atoms with Gasteiger partial charge in [0, 0.05) is 24.4 Å². The van der Waals surface area contributed by atoms with E-state index in [4.69, 9.17) is 4.42 Å². The molecular formula is C12H10N2O3. The Hall–Kier alpha value is -2.30. The van der Waals surface area contributed by atoms with E-state index in [9.17, 15) is 9.59 Å². The van der Waals surface area contributed by atoms with E-state index < -0.39 is 6.03 Å². The first-order chi connectivity index (χ1) is 8.24. The fourth-order valence-electron chi connectivity index (χ4n) is 1.88. The summed E-state index contributed by atoms with van der Waals surface area (Å²) in [4.78, 5) is 24.1. The normalized spacial score (nSPS) is 16.4. The van der Waals surface area contributed by atoms with Gasteiger partial charge < -0.3 is 4.42 Å². The van der Waals surface area contributed by atoms with Gasteiger partial charge >= 0.3 is 6.03 Å². The highest BCUT2D eigenvalue weighted by Gasteiger charge is 2.26. The maximum absolute atomic E-state index is 11.6. The molecule has 1 N–H and O–H groups in total. The zero-order chi connectivity index (χ0) is 11.8. The highest BCUT2D eigenvalue weighted by molar-refractivity contribution is 6.05. The van der Waals surface area contributed by atoms with E-state index in [-0.39, 0.29) is 5.91 Å². The molecule has 0 unspecified atom stereocenters. The summed E-state index contributed by atoms with van der Waals surface area (Å²) in [6.07, 6.45) is 0.294. The summed E-state index contributed by atoms with van der Waals surface area (Å²) in [5.74, 6) is 0.221. The maximum Gasteiger partial charge on any atom is 0.330 e. The summed E-state index contributed by atoms with van der Waals surface area (Å²) in [5.41, 5.74) is 0.729. The van der Waals surface area contributed by atoms with Crippen molar-refractivity contribution in [3.8, 4) is 0 Å². The fourth-order valence-corrected chi connectivity index (χ4v) is 1.88. The van der Waals surface area contributed by atoms with Gasteiger partial charge in [-0.1, -0.05) is 18.2 Å². The Morgan fingerprint density at radius 1 is 1.24 bits per heavy atom. The third-order valence-corrected chi connectivity index (χ3v) is 2.73. The summed E-state index contributed by atoms with van der Waals surface area (Å²) < 4.78 is 5.57. The average molecular weight is 230 g/mol. The van der Waals surface area contributed by atoms with Crippen LogP contribution in [0.1, 0.15) is 6.42 Å². The first-order valence-electron chi connectivity index (χ1n) is 5.34. The van der Waals surface area contributed by atoms with Gasteiger partial charge in [0.25, 0.3) is 0 Å². The number of carbonyl (C=O) groups excluding carboxylic acids is 2. The summed E-state index contributed by atoms with van der Waals surface area (Å²) in [6, 6.07) is 8.89. The molecule has 0 spiro atoms. The second kappa shape index (κ2) is 3.62. The quantitative estimate of drug-likeness (QED) is 0.813. The zero-order valence-corrected chi connectivity index (χ0v) is 8.97. The largest absolute Gasteiger partial charge is 0.440 e. The monoisotopic (exact) mass is 230 g/mol. The molecule has 1 aliphatic heterocycles. The highest BCUT2D eigenvalue weighted by Crippen LogP contribution is 2.26. The van der Waals surface area contributed by atoms with Crippen LogP contribution in [0.25, 0.3) is 11.0 Å². The number of rotatable bonds is 1. The molecule has 1 aliphatic rings. The van der Waals surface area contributed by atoms with Crippen LogP contribution in [0.5, 0.6) is 0 Å². The van der Waals surface area contributed by atoms with E-state index in [0.717, 1.165) is 11.0 Å². The van der Waals surface area contributed by atoms with E-state index >= 15 is 0 Å². The van der Waals surface area contributed by atoms with Crippen molar-refractivity contribution in [2.45, 2.75) is 6.42 Å². The number of nitrogens with one attached hydrogen (secondary N) is 1. The molecule has 1 saturated heterocycles. The Balaban J connectivity index is 1.98. The predicted molar refractivity (Wildman–Crippen MR) is 61.7 cm³/mol. The second-order valence-corrected chi connectivity index (χ2v) is 3.88. The lowest BCUT2D eigenvalue weighted by Gasteiger charge is -2.23. The van der Waals surface area contributed by atoms with Crippen molar-refractivity contribution in [2.24, 2.45) is 0 Å². The summed E-state index contributed by atoms with van der Waals surface area (Å²) in [5, 5.41) is 3.20. The van der Waals surface area contributed by atoms with Gasteiger partial charge in [0.05, 0.1) is 0 Å². The lowest BCUT2D eigenvalue weighted by molar-refractivity contribution is -0.120. The van der Waals surface area contributed by atoms with Gasteiger partial charge in [-0.05, 0) is 6.07 Å². The van der Waals surface area contributed by atoms with Gasteiger partial charge in [0.2, 0.25) is 11.8 Å². The number of imide groups is 1. The zero-order valence-electron chi connectivity index (χ0n) is 8.97. The molecule has 17 heavy (non-hydrogen) atoms. The topological polar surface area (TPSA) is 62.6 Å². The van der Waals surface area contributed by atoms with Crippen molar-refractivity contribution < 1.29 is 14.0 Å². The van der Waals surface area contributed by atoms with Crippen molar-refractivity contribution in [1.29, 1.82) is 0 Å². The van der Waals surface area contributed by atoms with Crippen LogP contribution in [-0.4, -0.2) is 18.5 Å². The molecule has 3 rings (SSSR count). The van der Waals surface area contributed by atoms with E-state index in [1.807, 2.05) is 24.3 Å². The van der Waals surface area contributed by atoms with Crippen molar-refractivity contribution in [3.05, 3.63) is 30.3 Å². The van der Waals surface area contributed by atoms with E-state index in [0.29, 0.717) is 18.8 Å². The third kappa shape index (κ3) is 1.65. The Labute approximate surface area is 97.0 Å². The summed E-state index contributed by atoms with van der Waals surface area (Å²) in [7, 11) is 0. The first kappa shape index (κ1) is 9.89. The number of urea groups is 1. The average Bonchev–Trinajstić information content (AvgIpc) is 2.72. The maximum atomic E-state index is 11.6. The van der Waals surface area contributed by atoms with E-state index in [1.54, 1.807) is 6.07 Å². The van der Waals surface area contributed by atoms with Gasteiger partial charge in [-0.2, -0.15) is 0 Å². The van der Waals surface area contributed by atoms with Crippen LogP contribution in [0, 0.1) is 0 Å². The number of amides is 3. The Morgan fingerprint density at radius 3 is 2.82 bits per heavy atom. The molecular weight excluding hydrogens is 220 g/mol. The van der Waals surface area contributed by atoms with Gasteiger partial charge in [0.15, 0.2) is 0 Å². The number of hydrogen-bond donors (Lipinski definition) is 1. The lowest BCUT2D eigenvalue weighted by Crippen LogP contribution is -2.49. The first-order valence-corrected chi connectivity index (χ1v) is 5.34. The highest BCUT2D eigenvalue weighted by atomic mass is 16.4. The summed E-state index contributed by atoms with van der Waals surface area (Å²) in [6.45, 7) is 0.352. The van der Waals surface area contributed by atoms with Crippen molar-refractivity contribution in [1.82, 2.24) is 5.32 Å². The number of fused-ring (bicyclic) bond motifs is 1. The van der Waals surface area contributed by atoms with Crippen LogP contribution >= 0.6 is 0 Å². The fraction of sp³-hybridized carbons (Fsp3) is 0.167. The second-order valence-electron chi connectivity index (χ2n) is 3.88. The van der Waals surface area contributed by atoms with Gasteiger partial charge in [-0.3, -0.25) is 15.0 Å². The Kier molecular flexibility index (Phi) is 2.11. The van der Waals surface area contributed by atoms with E-state index in [2.05, 4.69) is 5.32 Å². The van der Waals surface area contributed by atoms with Crippen LogP contribution in [-0.2, 0) is 4.79 Å². The minimum Gasteiger partial charge on any atom is -0.440 e. The number of anilines is 1. The molecule has 0 aliphatic carbocycles. The lowest BCUT2D eigenvalue weighted by atomic mass is 10.2. The number of benzene rings is 1. The number of para-hydroxylation sites is 1. The van der Waals surface area contributed by atoms with Gasteiger partial charge in [-0.25, -0.2) is 4.79 Å². The molecule has 3 amide bonds. The predicted octanol–water partition coefficient (Wildman–Crippen LogP) is 1.88. The minimum atomic E-state index is -0.430. The van der Waals surface area contributed by atoms with Crippen LogP contribution < -0.4 is 10.2 Å². The molecule has 86 valence electrons. The van der Waals surface area contributed by atoms with Crippen molar-refractivity contribution >= 4 is 28.8 Å².